The summed E-state index contributed by atoms with van der Waals surface area (Å²) in [7, 11) is 1.68. The van der Waals surface area contributed by atoms with Gasteiger partial charge in [0.2, 0.25) is 0 Å². The molecular weight excluding hydrogens is 198 g/mol. The van der Waals surface area contributed by atoms with Crippen molar-refractivity contribution in [1.29, 1.82) is 0 Å². The van der Waals surface area contributed by atoms with Gasteiger partial charge < -0.3 is 0 Å². The molecule has 0 unspecified atom stereocenters. The van der Waals surface area contributed by atoms with Crippen LogP contribution in [0.2, 0.25) is 0 Å². The summed E-state index contributed by atoms with van der Waals surface area (Å²) in [6, 6.07) is 6.77. The van der Waals surface area contributed by atoms with Crippen molar-refractivity contribution in [2.24, 2.45) is 0 Å². The Morgan fingerprint density at radius 2 is 2.07 bits per heavy atom. The third kappa shape index (κ3) is 2.14. The summed E-state index contributed by atoms with van der Waals surface area (Å²) in [6.45, 7) is 0. The quantitative estimate of drug-likeness (QED) is 0.563. The molecule has 1 rings (SSSR count). The van der Waals surface area contributed by atoms with Gasteiger partial charge in [-0.2, -0.15) is 0 Å². The lowest BCUT2D eigenvalue weighted by Gasteiger charge is -2.13. The molecule has 0 heterocycles. The Labute approximate surface area is 87.2 Å². The van der Waals surface area contributed by atoms with E-state index in [1.54, 1.807) is 37.6 Å². The van der Waals surface area contributed by atoms with Gasteiger partial charge in [0.05, 0.1) is 5.56 Å². The van der Waals surface area contributed by atoms with Gasteiger partial charge in [-0.1, -0.05) is 30.1 Å². The molecule has 3 nitrogen and oxygen atoms in total. The van der Waals surface area contributed by atoms with Crippen LogP contribution in [-0.2, 0) is 0 Å². The standard InChI is InChI=1S/C10H11NO2S/c1-11(14-2)10(13)9-6-4-3-5-8(9)7-12/h3-7H,1-2H3. The second-order valence-electron chi connectivity index (χ2n) is 2.69. The number of benzene rings is 1. The van der Waals surface area contributed by atoms with Crippen molar-refractivity contribution in [1.82, 2.24) is 4.31 Å². The van der Waals surface area contributed by atoms with Crippen LogP contribution < -0.4 is 0 Å². The second-order valence-corrected chi connectivity index (χ2v) is 3.60. The van der Waals surface area contributed by atoms with Crippen LogP contribution in [0.3, 0.4) is 0 Å². The Bertz CT molecular complexity index is 352. The largest absolute Gasteiger partial charge is 0.298 e. The van der Waals surface area contributed by atoms with E-state index in [0.717, 1.165) is 0 Å². The molecule has 4 heteroatoms. The molecule has 0 N–H and O–H groups in total. The van der Waals surface area contributed by atoms with E-state index in [2.05, 4.69) is 0 Å². The van der Waals surface area contributed by atoms with E-state index in [9.17, 15) is 9.59 Å². The van der Waals surface area contributed by atoms with Gasteiger partial charge in [0.25, 0.3) is 5.91 Å². The van der Waals surface area contributed by atoms with Gasteiger partial charge in [-0.3, -0.25) is 13.9 Å². The Balaban J connectivity index is 3.05. The minimum Gasteiger partial charge on any atom is -0.298 e. The third-order valence-corrected chi connectivity index (χ3v) is 2.59. The number of carbonyl (C=O) groups is 2. The van der Waals surface area contributed by atoms with Crippen LogP contribution >= 0.6 is 11.9 Å². The van der Waals surface area contributed by atoms with Gasteiger partial charge in [0, 0.05) is 18.9 Å². The van der Waals surface area contributed by atoms with Crippen LogP contribution in [0.1, 0.15) is 20.7 Å². The first-order valence-electron chi connectivity index (χ1n) is 4.07. The van der Waals surface area contributed by atoms with Gasteiger partial charge in [0.15, 0.2) is 6.29 Å². The second kappa shape index (κ2) is 4.81. The van der Waals surface area contributed by atoms with E-state index in [-0.39, 0.29) is 5.91 Å². The van der Waals surface area contributed by atoms with E-state index >= 15 is 0 Å². The molecule has 0 saturated heterocycles. The number of carbonyl (C=O) groups excluding carboxylic acids is 2. The molecule has 0 aliphatic carbocycles. The van der Waals surface area contributed by atoms with E-state index < -0.39 is 0 Å². The fourth-order valence-electron chi connectivity index (χ4n) is 1.05. The SMILES string of the molecule is CSN(C)C(=O)c1ccccc1C=O. The van der Waals surface area contributed by atoms with Crippen LogP contribution in [0.15, 0.2) is 24.3 Å². The topological polar surface area (TPSA) is 37.4 Å². The average Bonchev–Trinajstić information content (AvgIpc) is 2.26. The normalized spacial score (nSPS) is 9.57. The maximum Gasteiger partial charge on any atom is 0.264 e. The highest BCUT2D eigenvalue weighted by atomic mass is 32.2. The van der Waals surface area contributed by atoms with Gasteiger partial charge in [-0.25, -0.2) is 0 Å². The molecule has 0 bridgehead atoms. The Kier molecular flexibility index (Phi) is 3.71. The van der Waals surface area contributed by atoms with E-state index in [0.29, 0.717) is 17.4 Å². The molecule has 0 aliphatic heterocycles. The fourth-order valence-corrected chi connectivity index (χ4v) is 1.31. The molecule has 0 radical (unpaired) electrons. The molecule has 0 aromatic heterocycles. The average molecular weight is 209 g/mol. The van der Waals surface area contributed by atoms with Crippen molar-refractivity contribution in [3.05, 3.63) is 35.4 Å². The number of hydrogen-bond acceptors (Lipinski definition) is 3. The van der Waals surface area contributed by atoms with Crippen LogP contribution in [0.5, 0.6) is 0 Å². The van der Waals surface area contributed by atoms with Crippen molar-refractivity contribution >= 4 is 24.1 Å². The van der Waals surface area contributed by atoms with Crippen molar-refractivity contribution < 1.29 is 9.59 Å². The zero-order valence-corrected chi connectivity index (χ0v) is 8.88. The molecular formula is C10H11NO2S. The lowest BCUT2D eigenvalue weighted by atomic mass is 10.1. The summed E-state index contributed by atoms with van der Waals surface area (Å²) >= 11 is 1.31. The maximum absolute atomic E-state index is 11.7. The minimum absolute atomic E-state index is 0.153. The van der Waals surface area contributed by atoms with Crippen molar-refractivity contribution in [3.8, 4) is 0 Å². The monoisotopic (exact) mass is 209 g/mol. The summed E-state index contributed by atoms with van der Waals surface area (Å²) in [5.74, 6) is -0.153. The van der Waals surface area contributed by atoms with E-state index in [1.807, 2.05) is 0 Å². The first kappa shape index (κ1) is 10.8. The lowest BCUT2D eigenvalue weighted by molar-refractivity contribution is 0.0888. The lowest BCUT2D eigenvalue weighted by Crippen LogP contribution is -2.20. The summed E-state index contributed by atoms with van der Waals surface area (Å²) < 4.78 is 1.49. The number of nitrogens with zero attached hydrogens (tertiary/aromatic N) is 1. The molecule has 1 aromatic rings. The van der Waals surface area contributed by atoms with Crippen LogP contribution in [0, 0.1) is 0 Å². The van der Waals surface area contributed by atoms with Gasteiger partial charge in [-0.05, 0) is 6.07 Å². The molecule has 0 aliphatic rings. The van der Waals surface area contributed by atoms with Crippen LogP contribution in [0.4, 0.5) is 0 Å². The van der Waals surface area contributed by atoms with Gasteiger partial charge in [-0.15, -0.1) is 0 Å². The zero-order valence-electron chi connectivity index (χ0n) is 8.06. The minimum atomic E-state index is -0.153. The fraction of sp³-hybridized carbons (Fsp3) is 0.200. The van der Waals surface area contributed by atoms with E-state index in [1.165, 1.54) is 16.3 Å². The van der Waals surface area contributed by atoms with Crippen molar-refractivity contribution in [2.45, 2.75) is 0 Å². The van der Waals surface area contributed by atoms with Gasteiger partial charge >= 0.3 is 0 Å². The summed E-state index contributed by atoms with van der Waals surface area (Å²) in [6.07, 6.45) is 2.50. The molecule has 14 heavy (non-hydrogen) atoms. The summed E-state index contributed by atoms with van der Waals surface area (Å²) in [4.78, 5) is 22.4. The number of aldehydes is 1. The molecule has 0 spiro atoms. The van der Waals surface area contributed by atoms with Crippen molar-refractivity contribution in [2.75, 3.05) is 13.3 Å². The predicted molar refractivity (Wildman–Crippen MR) is 57.4 cm³/mol. The maximum atomic E-state index is 11.7. The first-order valence-corrected chi connectivity index (χ1v) is 5.25. The Hall–Kier alpha value is -1.29. The molecule has 74 valence electrons. The molecule has 1 aromatic carbocycles. The Morgan fingerprint density at radius 1 is 1.43 bits per heavy atom. The zero-order chi connectivity index (χ0) is 10.6. The summed E-state index contributed by atoms with van der Waals surface area (Å²) in [5.41, 5.74) is 0.873. The molecule has 0 atom stereocenters. The third-order valence-electron chi connectivity index (χ3n) is 1.88. The first-order chi connectivity index (χ1) is 6.70. The van der Waals surface area contributed by atoms with E-state index in [4.69, 9.17) is 0 Å². The highest BCUT2D eigenvalue weighted by Gasteiger charge is 2.13. The van der Waals surface area contributed by atoms with Crippen LogP contribution in [-0.4, -0.2) is 29.8 Å². The smallest absolute Gasteiger partial charge is 0.264 e. The molecule has 0 fully saturated rings. The van der Waals surface area contributed by atoms with Crippen molar-refractivity contribution in [3.63, 3.8) is 0 Å². The highest BCUT2D eigenvalue weighted by Crippen LogP contribution is 2.12. The molecule has 1 amide bonds. The Morgan fingerprint density at radius 3 is 2.64 bits per heavy atom. The van der Waals surface area contributed by atoms with Crippen LogP contribution in [0.25, 0.3) is 0 Å². The summed E-state index contributed by atoms with van der Waals surface area (Å²) in [5, 5.41) is 0. The highest BCUT2D eigenvalue weighted by molar-refractivity contribution is 7.96. The number of amides is 1. The number of rotatable bonds is 3. The predicted octanol–water partition coefficient (Wildman–Crippen LogP) is 1.85. The number of hydrogen-bond donors (Lipinski definition) is 0. The molecule has 0 saturated carbocycles. The van der Waals surface area contributed by atoms with Gasteiger partial charge in [0.1, 0.15) is 0 Å².